The first-order valence-electron chi connectivity index (χ1n) is 5.32. The molecule has 0 bridgehead atoms. The van der Waals surface area contributed by atoms with Crippen LogP contribution in [0.15, 0.2) is 23.0 Å². The minimum absolute atomic E-state index is 0.0725. The molecule has 8 nitrogen and oxygen atoms in total. The molecule has 19 heavy (non-hydrogen) atoms. The van der Waals surface area contributed by atoms with Gasteiger partial charge in [0.15, 0.2) is 0 Å². The number of aromatic nitrogens is 2. The summed E-state index contributed by atoms with van der Waals surface area (Å²) in [5.41, 5.74) is 4.84. The maximum Gasteiger partial charge on any atom is 0.311 e. The summed E-state index contributed by atoms with van der Waals surface area (Å²) in [5, 5.41) is 12.9. The van der Waals surface area contributed by atoms with Crippen LogP contribution in [0.4, 0.5) is 17.3 Å². The zero-order chi connectivity index (χ0) is 13.8. The highest BCUT2D eigenvalue weighted by atomic mass is 32.1. The first kappa shape index (κ1) is 13.2. The van der Waals surface area contributed by atoms with Gasteiger partial charge >= 0.3 is 5.69 Å². The lowest BCUT2D eigenvalue weighted by atomic mass is 10.3. The van der Waals surface area contributed by atoms with E-state index in [-0.39, 0.29) is 11.5 Å². The summed E-state index contributed by atoms with van der Waals surface area (Å²) < 4.78 is 0. The Morgan fingerprint density at radius 3 is 2.95 bits per heavy atom. The van der Waals surface area contributed by atoms with Crippen molar-refractivity contribution in [2.45, 2.75) is 6.54 Å². The molecule has 100 valence electrons. The maximum atomic E-state index is 11.0. The average Bonchev–Trinajstić information content (AvgIpc) is 2.90. The van der Waals surface area contributed by atoms with Gasteiger partial charge in [-0.05, 0) is 6.07 Å². The van der Waals surface area contributed by atoms with E-state index in [1.807, 2.05) is 5.38 Å². The molecule has 0 aliphatic heterocycles. The van der Waals surface area contributed by atoms with Crippen LogP contribution in [0.1, 0.15) is 5.69 Å². The minimum atomic E-state index is -0.472. The molecule has 2 heterocycles. The predicted molar refractivity (Wildman–Crippen MR) is 72.9 cm³/mol. The Morgan fingerprint density at radius 2 is 2.37 bits per heavy atom. The molecule has 3 N–H and O–H groups in total. The first-order chi connectivity index (χ1) is 9.11. The fourth-order valence-electron chi connectivity index (χ4n) is 1.58. The molecule has 2 rings (SSSR count). The zero-order valence-corrected chi connectivity index (χ0v) is 10.9. The summed E-state index contributed by atoms with van der Waals surface area (Å²) in [7, 11) is 1.72. The van der Waals surface area contributed by atoms with Gasteiger partial charge in [0.1, 0.15) is 5.82 Å². The van der Waals surface area contributed by atoms with Gasteiger partial charge < -0.3 is 10.3 Å². The van der Waals surface area contributed by atoms with Gasteiger partial charge in [-0.3, -0.25) is 10.1 Å². The molecule has 0 atom stereocenters. The number of pyridine rings is 1. The van der Waals surface area contributed by atoms with Crippen molar-refractivity contribution in [3.63, 3.8) is 0 Å². The Labute approximate surface area is 113 Å². The number of thiazole rings is 1. The third-order valence-electron chi connectivity index (χ3n) is 2.44. The third-order valence-corrected chi connectivity index (χ3v) is 3.08. The number of nitrogens with two attached hydrogens (primary N) is 1. The van der Waals surface area contributed by atoms with E-state index in [2.05, 4.69) is 15.4 Å². The summed E-state index contributed by atoms with van der Waals surface area (Å²) in [6.45, 7) is 0.436. The number of nitro groups is 1. The van der Waals surface area contributed by atoms with Crippen molar-refractivity contribution < 1.29 is 4.92 Å². The van der Waals surface area contributed by atoms with Crippen LogP contribution >= 0.6 is 11.3 Å². The van der Waals surface area contributed by atoms with E-state index in [9.17, 15) is 10.1 Å². The number of nitrogens with one attached hydrogen (secondary N) is 1. The van der Waals surface area contributed by atoms with Gasteiger partial charge in [-0.2, -0.15) is 0 Å². The molecule has 0 fully saturated rings. The molecule has 0 spiro atoms. The van der Waals surface area contributed by atoms with Crippen LogP contribution in [0, 0.1) is 10.1 Å². The van der Waals surface area contributed by atoms with E-state index in [0.29, 0.717) is 12.4 Å². The molecule has 0 aliphatic rings. The number of rotatable bonds is 5. The molecule has 0 aromatic carbocycles. The zero-order valence-electron chi connectivity index (χ0n) is 10.1. The van der Waals surface area contributed by atoms with Crippen molar-refractivity contribution in [1.29, 1.82) is 0 Å². The molecule has 0 unspecified atom stereocenters. The summed E-state index contributed by atoms with van der Waals surface area (Å²) in [6.07, 6.45) is 0. The molecule has 0 amide bonds. The van der Waals surface area contributed by atoms with E-state index < -0.39 is 4.92 Å². The van der Waals surface area contributed by atoms with Gasteiger partial charge in [0.05, 0.1) is 22.7 Å². The summed E-state index contributed by atoms with van der Waals surface area (Å²) in [4.78, 5) is 20.4. The van der Waals surface area contributed by atoms with Crippen molar-refractivity contribution >= 4 is 28.7 Å². The quantitative estimate of drug-likeness (QED) is 0.483. The Balaban J connectivity index is 2.32. The number of hydrogen-bond acceptors (Lipinski definition) is 8. The van der Waals surface area contributed by atoms with Crippen LogP contribution in [-0.4, -0.2) is 21.9 Å². The van der Waals surface area contributed by atoms with Crippen molar-refractivity contribution in [1.82, 2.24) is 9.97 Å². The standard InChI is InChI=1S/C10H12N6O2S/c1-15(4-7-5-19-6-12-7)10-8(16(17)18)2-3-9(13-10)14-11/h2-3,5-6H,4,11H2,1H3,(H,13,14). The molecule has 0 saturated heterocycles. The number of hydrogen-bond donors (Lipinski definition) is 2. The third kappa shape index (κ3) is 2.95. The SMILES string of the molecule is CN(Cc1cscn1)c1nc(NN)ccc1[N+](=O)[O-]. The minimum Gasteiger partial charge on any atom is -0.348 e. The second-order valence-electron chi connectivity index (χ2n) is 3.78. The van der Waals surface area contributed by atoms with Crippen LogP contribution in [-0.2, 0) is 6.54 Å². The van der Waals surface area contributed by atoms with Crippen molar-refractivity contribution in [2.75, 3.05) is 17.4 Å². The Morgan fingerprint density at radius 1 is 1.58 bits per heavy atom. The average molecular weight is 280 g/mol. The van der Waals surface area contributed by atoms with Crippen molar-refractivity contribution in [2.24, 2.45) is 5.84 Å². The lowest BCUT2D eigenvalue weighted by Crippen LogP contribution is -2.20. The molecule has 0 saturated carbocycles. The van der Waals surface area contributed by atoms with E-state index in [4.69, 9.17) is 5.84 Å². The Hall–Kier alpha value is -2.26. The molecule has 9 heteroatoms. The van der Waals surface area contributed by atoms with Crippen LogP contribution in [0.2, 0.25) is 0 Å². The fraction of sp³-hybridized carbons (Fsp3) is 0.200. The number of anilines is 2. The highest BCUT2D eigenvalue weighted by molar-refractivity contribution is 7.07. The van der Waals surface area contributed by atoms with Crippen LogP contribution in [0.5, 0.6) is 0 Å². The van der Waals surface area contributed by atoms with E-state index >= 15 is 0 Å². The molecule has 2 aromatic heterocycles. The number of hydrazine groups is 1. The van der Waals surface area contributed by atoms with Gasteiger partial charge in [0, 0.05) is 18.5 Å². The van der Waals surface area contributed by atoms with Gasteiger partial charge in [0.2, 0.25) is 5.82 Å². The normalized spacial score (nSPS) is 10.2. The van der Waals surface area contributed by atoms with Gasteiger partial charge in [-0.25, -0.2) is 15.8 Å². The van der Waals surface area contributed by atoms with Crippen molar-refractivity contribution in [3.05, 3.63) is 38.8 Å². The fourth-order valence-corrected chi connectivity index (χ4v) is 2.13. The summed E-state index contributed by atoms with van der Waals surface area (Å²) in [5.74, 6) is 5.88. The van der Waals surface area contributed by atoms with Gasteiger partial charge in [-0.15, -0.1) is 11.3 Å². The monoisotopic (exact) mass is 280 g/mol. The second-order valence-corrected chi connectivity index (χ2v) is 4.50. The molecule has 0 aliphatic carbocycles. The first-order valence-corrected chi connectivity index (χ1v) is 6.26. The summed E-state index contributed by atoms with van der Waals surface area (Å²) in [6, 6.07) is 2.83. The van der Waals surface area contributed by atoms with Gasteiger partial charge in [0.25, 0.3) is 0 Å². The lowest BCUT2D eigenvalue weighted by molar-refractivity contribution is -0.384. The van der Waals surface area contributed by atoms with E-state index in [1.54, 1.807) is 17.5 Å². The van der Waals surface area contributed by atoms with Crippen LogP contribution < -0.4 is 16.2 Å². The lowest BCUT2D eigenvalue weighted by Gasteiger charge is -2.17. The summed E-state index contributed by atoms with van der Waals surface area (Å²) >= 11 is 1.47. The van der Waals surface area contributed by atoms with Gasteiger partial charge in [-0.1, -0.05) is 0 Å². The maximum absolute atomic E-state index is 11.0. The Kier molecular flexibility index (Phi) is 3.88. The van der Waals surface area contributed by atoms with Crippen LogP contribution in [0.3, 0.4) is 0 Å². The van der Waals surface area contributed by atoms with Crippen molar-refractivity contribution in [3.8, 4) is 0 Å². The smallest absolute Gasteiger partial charge is 0.311 e. The highest BCUT2D eigenvalue weighted by Crippen LogP contribution is 2.27. The van der Waals surface area contributed by atoms with E-state index in [0.717, 1.165) is 5.69 Å². The molecule has 0 radical (unpaired) electrons. The number of nitrogens with zero attached hydrogens (tertiary/aromatic N) is 4. The predicted octanol–water partition coefficient (Wildman–Crippen LogP) is 1.37. The molecular formula is C10H12N6O2S. The topological polar surface area (TPSA) is 110 Å². The highest BCUT2D eigenvalue weighted by Gasteiger charge is 2.20. The number of nitrogen functional groups attached to an aromatic ring is 1. The van der Waals surface area contributed by atoms with E-state index in [1.165, 1.54) is 23.5 Å². The Bertz CT molecular complexity index is 573. The molecular weight excluding hydrogens is 268 g/mol. The second kappa shape index (κ2) is 5.59. The largest absolute Gasteiger partial charge is 0.348 e. The molecule has 2 aromatic rings. The van der Waals surface area contributed by atoms with Crippen LogP contribution in [0.25, 0.3) is 0 Å².